The molecule has 0 amide bonds. The highest BCUT2D eigenvalue weighted by atomic mass is 16.3. The van der Waals surface area contributed by atoms with E-state index in [4.69, 9.17) is 0 Å². The Bertz CT molecular complexity index is 753. The van der Waals surface area contributed by atoms with Gasteiger partial charge in [0.15, 0.2) is 0 Å². The summed E-state index contributed by atoms with van der Waals surface area (Å²) < 4.78 is 0. The molecule has 5 nitrogen and oxygen atoms in total. The fourth-order valence-electron chi connectivity index (χ4n) is 9.11. The molecule has 0 aliphatic heterocycles. The number of carbonyl (C=O) groups is 1. The molecule has 5 heteroatoms. The summed E-state index contributed by atoms with van der Waals surface area (Å²) in [5.41, 5.74) is -1.42. The number of ketones is 1. The second-order valence-corrected chi connectivity index (χ2v) is 13.3. The van der Waals surface area contributed by atoms with E-state index < -0.39 is 17.8 Å². The molecule has 0 unspecified atom stereocenters. The maximum absolute atomic E-state index is 13.3. The molecular formula is C28H48O5. The predicted molar refractivity (Wildman–Crippen MR) is 128 cm³/mol. The Hall–Kier alpha value is -0.490. The van der Waals surface area contributed by atoms with Gasteiger partial charge in [-0.2, -0.15) is 0 Å². The highest BCUT2D eigenvalue weighted by molar-refractivity contribution is 5.83. The summed E-state index contributed by atoms with van der Waals surface area (Å²) in [5.74, 6) is 0.676. The SMILES string of the molecule is CC(C)[C@H](C)[C@@H](O)[C@H](O)[C@@H](C)[C@H]1CC[C@@]2(O)[C@@H]3CC(=O)[C@H]4C[C@H](O)CC[C@]4(C)[C@H]3CC[C@]12C. The molecular weight excluding hydrogens is 416 g/mol. The van der Waals surface area contributed by atoms with E-state index in [0.29, 0.717) is 25.2 Å². The third-order valence-electron chi connectivity index (χ3n) is 11.8. The molecule has 0 heterocycles. The Labute approximate surface area is 200 Å². The summed E-state index contributed by atoms with van der Waals surface area (Å²) in [7, 11) is 0. The van der Waals surface area contributed by atoms with Crippen molar-refractivity contribution in [1.29, 1.82) is 0 Å². The minimum atomic E-state index is -0.914. The van der Waals surface area contributed by atoms with Crippen LogP contribution in [0.5, 0.6) is 0 Å². The zero-order valence-electron chi connectivity index (χ0n) is 21.6. The van der Waals surface area contributed by atoms with Gasteiger partial charge in [0.2, 0.25) is 0 Å². The van der Waals surface area contributed by atoms with Crippen molar-refractivity contribution < 1.29 is 25.2 Å². The fourth-order valence-corrected chi connectivity index (χ4v) is 9.11. The molecule has 12 atom stereocenters. The van der Waals surface area contributed by atoms with E-state index in [1.165, 1.54) is 0 Å². The second kappa shape index (κ2) is 8.57. The number of aliphatic hydroxyl groups is 4. The number of rotatable bonds is 5. The molecule has 4 fully saturated rings. The van der Waals surface area contributed by atoms with Crippen LogP contribution in [0.15, 0.2) is 0 Å². The van der Waals surface area contributed by atoms with Crippen LogP contribution in [0.25, 0.3) is 0 Å². The molecule has 0 saturated heterocycles. The van der Waals surface area contributed by atoms with E-state index in [2.05, 4.69) is 27.7 Å². The summed E-state index contributed by atoms with van der Waals surface area (Å²) in [6.45, 7) is 12.6. The molecule has 33 heavy (non-hydrogen) atoms. The maximum atomic E-state index is 13.3. The van der Waals surface area contributed by atoms with Crippen molar-refractivity contribution in [2.75, 3.05) is 0 Å². The lowest BCUT2D eigenvalue weighted by Crippen LogP contribution is -2.64. The third-order valence-corrected chi connectivity index (χ3v) is 11.8. The Balaban J connectivity index is 1.60. The first-order valence-corrected chi connectivity index (χ1v) is 13.6. The number of aliphatic hydroxyl groups excluding tert-OH is 3. The Morgan fingerprint density at radius 2 is 1.58 bits per heavy atom. The molecule has 4 aliphatic carbocycles. The van der Waals surface area contributed by atoms with Gasteiger partial charge in [0.1, 0.15) is 5.78 Å². The van der Waals surface area contributed by atoms with Gasteiger partial charge in [-0.1, -0.05) is 41.5 Å². The highest BCUT2D eigenvalue weighted by Gasteiger charge is 2.69. The van der Waals surface area contributed by atoms with E-state index in [1.807, 2.05) is 13.8 Å². The van der Waals surface area contributed by atoms with Gasteiger partial charge >= 0.3 is 0 Å². The smallest absolute Gasteiger partial charge is 0.137 e. The lowest BCUT2D eigenvalue weighted by Gasteiger charge is -2.63. The molecule has 0 aromatic carbocycles. The van der Waals surface area contributed by atoms with Crippen LogP contribution < -0.4 is 0 Å². The van der Waals surface area contributed by atoms with Crippen LogP contribution in [0.1, 0.15) is 92.9 Å². The van der Waals surface area contributed by atoms with Crippen molar-refractivity contribution in [3.63, 3.8) is 0 Å². The van der Waals surface area contributed by atoms with Crippen molar-refractivity contribution in [2.24, 2.45) is 52.3 Å². The topological polar surface area (TPSA) is 98.0 Å². The minimum absolute atomic E-state index is 0.000723. The first-order valence-electron chi connectivity index (χ1n) is 13.6. The van der Waals surface area contributed by atoms with Gasteiger partial charge in [-0.25, -0.2) is 0 Å². The molecule has 4 saturated carbocycles. The fraction of sp³-hybridized carbons (Fsp3) is 0.964. The lowest BCUT2D eigenvalue weighted by molar-refractivity contribution is -0.214. The van der Waals surface area contributed by atoms with Crippen molar-refractivity contribution in [1.82, 2.24) is 0 Å². The maximum Gasteiger partial charge on any atom is 0.137 e. The van der Waals surface area contributed by atoms with Crippen molar-refractivity contribution in [3.8, 4) is 0 Å². The summed E-state index contributed by atoms with van der Waals surface area (Å²) >= 11 is 0. The third kappa shape index (κ3) is 3.67. The molecule has 0 spiro atoms. The highest BCUT2D eigenvalue weighted by Crippen LogP contribution is 2.69. The Kier molecular flexibility index (Phi) is 6.65. The molecule has 190 valence electrons. The van der Waals surface area contributed by atoms with Crippen LogP contribution in [-0.4, -0.2) is 50.1 Å². The van der Waals surface area contributed by atoms with Gasteiger partial charge in [0.25, 0.3) is 0 Å². The monoisotopic (exact) mass is 464 g/mol. The average molecular weight is 465 g/mol. The van der Waals surface area contributed by atoms with Gasteiger partial charge in [-0.3, -0.25) is 4.79 Å². The first-order chi connectivity index (χ1) is 15.3. The summed E-state index contributed by atoms with van der Waals surface area (Å²) in [6, 6.07) is 0. The van der Waals surface area contributed by atoms with Crippen molar-refractivity contribution in [3.05, 3.63) is 0 Å². The number of Topliss-reactive ketones (excluding diaryl/α,β-unsaturated/α-hetero) is 1. The standard InChI is InChI=1S/C28H48O5/c1-15(2)16(3)24(31)25(32)17(4)19-9-12-28(33)21-14-23(30)22-13-18(29)7-10-26(22,5)20(21)8-11-27(19,28)6/h15-22,24-25,29,31-33H,7-14H2,1-6H3/t16-,17-,18+,19+,20-,21+,22+,24+,25+,26+,27+,28+/m0/s1. The zero-order valence-corrected chi connectivity index (χ0v) is 21.6. The van der Waals surface area contributed by atoms with Crippen molar-refractivity contribution in [2.45, 2.75) is 117 Å². The molecule has 4 rings (SSSR count). The van der Waals surface area contributed by atoms with E-state index in [0.717, 1.165) is 32.1 Å². The number of carbonyl (C=O) groups excluding carboxylic acids is 1. The largest absolute Gasteiger partial charge is 0.393 e. The molecule has 4 N–H and O–H groups in total. The summed E-state index contributed by atoms with van der Waals surface area (Å²) in [4.78, 5) is 13.3. The zero-order chi connectivity index (χ0) is 24.5. The predicted octanol–water partition coefficient (Wildman–Crippen LogP) is 3.95. The van der Waals surface area contributed by atoms with Crippen LogP contribution in [0.3, 0.4) is 0 Å². The van der Waals surface area contributed by atoms with Gasteiger partial charge in [-0.05, 0) is 91.3 Å². The minimum Gasteiger partial charge on any atom is -0.393 e. The average Bonchev–Trinajstić information content (AvgIpc) is 3.04. The Morgan fingerprint density at radius 3 is 2.21 bits per heavy atom. The molecule has 0 aromatic rings. The van der Waals surface area contributed by atoms with Gasteiger partial charge in [0, 0.05) is 12.3 Å². The summed E-state index contributed by atoms with van der Waals surface area (Å²) in [5, 5.41) is 44.6. The van der Waals surface area contributed by atoms with E-state index in [9.17, 15) is 25.2 Å². The van der Waals surface area contributed by atoms with Crippen LogP contribution in [0.2, 0.25) is 0 Å². The summed E-state index contributed by atoms with van der Waals surface area (Å²) in [6.07, 6.45) is 3.99. The molecule has 0 bridgehead atoms. The van der Waals surface area contributed by atoms with E-state index >= 15 is 0 Å². The van der Waals surface area contributed by atoms with Crippen LogP contribution >= 0.6 is 0 Å². The quantitative estimate of drug-likeness (QED) is 0.494. The lowest BCUT2D eigenvalue weighted by atomic mass is 9.42. The number of hydrogen-bond acceptors (Lipinski definition) is 5. The van der Waals surface area contributed by atoms with Gasteiger partial charge in [0.05, 0.1) is 23.9 Å². The Morgan fingerprint density at radius 1 is 0.909 bits per heavy atom. The molecule has 0 aromatic heterocycles. The molecule has 0 radical (unpaired) electrons. The van der Waals surface area contributed by atoms with Crippen molar-refractivity contribution >= 4 is 5.78 Å². The number of fused-ring (bicyclic) bond motifs is 5. The molecule has 4 aliphatic rings. The van der Waals surface area contributed by atoms with E-state index in [1.54, 1.807) is 0 Å². The normalized spacial score (nSPS) is 49.1. The number of hydrogen-bond donors (Lipinski definition) is 4. The van der Waals surface area contributed by atoms with Crippen LogP contribution in [0, 0.1) is 52.3 Å². The van der Waals surface area contributed by atoms with Crippen LogP contribution in [0.4, 0.5) is 0 Å². The van der Waals surface area contributed by atoms with Gasteiger partial charge in [-0.15, -0.1) is 0 Å². The van der Waals surface area contributed by atoms with Crippen LogP contribution in [-0.2, 0) is 4.79 Å². The van der Waals surface area contributed by atoms with Gasteiger partial charge < -0.3 is 20.4 Å². The van der Waals surface area contributed by atoms with E-state index in [-0.39, 0.29) is 58.2 Å². The first kappa shape index (κ1) is 25.6. The second-order valence-electron chi connectivity index (χ2n) is 13.3.